The number of hydrogen-bond donors (Lipinski definition) is 0. The van der Waals surface area contributed by atoms with Gasteiger partial charge in [0.05, 0.1) is 27.4 Å². The van der Waals surface area contributed by atoms with E-state index in [-0.39, 0.29) is 0 Å². The smallest absolute Gasteiger partial charge is 0.339 e. The Morgan fingerprint density at radius 2 is 1.63 bits per heavy atom. The lowest BCUT2D eigenvalue weighted by Gasteiger charge is -2.09. The van der Waals surface area contributed by atoms with Gasteiger partial charge in [-0.25, -0.2) is 4.79 Å². The maximum absolute atomic E-state index is 11.4. The molecule has 0 saturated carbocycles. The summed E-state index contributed by atoms with van der Waals surface area (Å²) in [6.07, 6.45) is 0. The summed E-state index contributed by atoms with van der Waals surface area (Å²) in [5.74, 6) is 2.02. The summed E-state index contributed by atoms with van der Waals surface area (Å²) in [4.78, 5) is 11.4. The average molecular weight is 262 g/mol. The topological polar surface area (TPSA) is 57.9 Å². The molecule has 0 atom stereocenters. The van der Waals surface area contributed by atoms with Gasteiger partial charge in [-0.15, -0.1) is 0 Å². The molecule has 0 N–H and O–H groups in total. The number of hydrogen-bond acceptors (Lipinski definition) is 5. The van der Waals surface area contributed by atoms with Crippen molar-refractivity contribution in [3.05, 3.63) is 40.8 Å². The van der Waals surface area contributed by atoms with Gasteiger partial charge < -0.3 is 18.6 Å². The van der Waals surface area contributed by atoms with Crippen molar-refractivity contribution in [1.29, 1.82) is 0 Å². The van der Waals surface area contributed by atoms with E-state index in [0.29, 0.717) is 28.6 Å². The second-order valence-electron chi connectivity index (χ2n) is 3.75. The second kappa shape index (κ2) is 5.48. The van der Waals surface area contributed by atoms with Crippen molar-refractivity contribution in [3.63, 3.8) is 0 Å². The minimum atomic E-state index is -0.468. The van der Waals surface area contributed by atoms with Crippen LogP contribution in [0, 0.1) is 0 Å². The van der Waals surface area contributed by atoms with Gasteiger partial charge in [0, 0.05) is 11.6 Å². The quantitative estimate of drug-likeness (QED) is 0.846. The fourth-order valence-corrected chi connectivity index (χ4v) is 1.70. The Bertz CT molecular complexity index is 630. The third-order valence-corrected chi connectivity index (χ3v) is 2.65. The minimum Gasteiger partial charge on any atom is -0.496 e. The van der Waals surface area contributed by atoms with Gasteiger partial charge in [0.1, 0.15) is 11.5 Å². The standard InChI is InChI=1S/C14H14O5/c1-16-10-7-12(19-14(15)8-10)9-4-5-11(17-2)13(6-9)18-3/h4-8H,1-3H3. The Morgan fingerprint density at radius 1 is 0.895 bits per heavy atom. The summed E-state index contributed by atoms with van der Waals surface area (Å²) in [6.45, 7) is 0. The highest BCUT2D eigenvalue weighted by molar-refractivity contribution is 5.63. The zero-order valence-corrected chi connectivity index (χ0v) is 10.9. The maximum Gasteiger partial charge on any atom is 0.339 e. The van der Waals surface area contributed by atoms with Crippen molar-refractivity contribution in [2.45, 2.75) is 0 Å². The van der Waals surface area contributed by atoms with Gasteiger partial charge >= 0.3 is 5.63 Å². The molecule has 5 nitrogen and oxygen atoms in total. The number of benzene rings is 1. The third-order valence-electron chi connectivity index (χ3n) is 2.65. The van der Waals surface area contributed by atoms with Crippen molar-refractivity contribution in [3.8, 4) is 28.6 Å². The van der Waals surface area contributed by atoms with Gasteiger partial charge in [0.15, 0.2) is 11.5 Å². The highest BCUT2D eigenvalue weighted by Gasteiger charge is 2.09. The summed E-state index contributed by atoms with van der Waals surface area (Å²) in [6, 6.07) is 8.18. The van der Waals surface area contributed by atoms with E-state index in [2.05, 4.69) is 0 Å². The van der Waals surface area contributed by atoms with Gasteiger partial charge in [0.2, 0.25) is 0 Å². The summed E-state index contributed by atoms with van der Waals surface area (Å²) in [7, 11) is 4.60. The fourth-order valence-electron chi connectivity index (χ4n) is 1.70. The van der Waals surface area contributed by atoms with Gasteiger partial charge in [-0.3, -0.25) is 0 Å². The lowest BCUT2D eigenvalue weighted by Crippen LogP contribution is -1.99. The van der Waals surface area contributed by atoms with Crippen LogP contribution in [0.5, 0.6) is 17.2 Å². The number of methoxy groups -OCH3 is 3. The summed E-state index contributed by atoms with van der Waals surface area (Å²) in [5, 5.41) is 0. The minimum absolute atomic E-state index is 0.408. The predicted octanol–water partition coefficient (Wildman–Crippen LogP) is 2.33. The number of rotatable bonds is 4. The van der Waals surface area contributed by atoms with E-state index in [1.165, 1.54) is 13.2 Å². The van der Waals surface area contributed by atoms with Crippen LogP contribution in [0.25, 0.3) is 11.3 Å². The van der Waals surface area contributed by atoms with Crippen LogP contribution >= 0.6 is 0 Å². The Hall–Kier alpha value is -2.43. The van der Waals surface area contributed by atoms with E-state index in [1.54, 1.807) is 38.5 Å². The molecule has 0 bridgehead atoms. The van der Waals surface area contributed by atoms with Crippen LogP contribution in [0.15, 0.2) is 39.5 Å². The van der Waals surface area contributed by atoms with Gasteiger partial charge in [0.25, 0.3) is 0 Å². The van der Waals surface area contributed by atoms with Gasteiger partial charge in [-0.05, 0) is 18.2 Å². The SMILES string of the molecule is COc1cc(-c2ccc(OC)c(OC)c2)oc(=O)c1. The van der Waals surface area contributed by atoms with E-state index in [4.69, 9.17) is 18.6 Å². The maximum atomic E-state index is 11.4. The molecule has 0 spiro atoms. The highest BCUT2D eigenvalue weighted by atomic mass is 16.5. The summed E-state index contributed by atoms with van der Waals surface area (Å²) in [5.41, 5.74) is 0.234. The first-order chi connectivity index (χ1) is 9.17. The van der Waals surface area contributed by atoms with Crippen molar-refractivity contribution in [2.24, 2.45) is 0 Å². The van der Waals surface area contributed by atoms with E-state index >= 15 is 0 Å². The second-order valence-corrected chi connectivity index (χ2v) is 3.75. The Balaban J connectivity index is 2.52. The molecule has 2 rings (SSSR count). The molecule has 1 aromatic heterocycles. The molecule has 1 heterocycles. The summed E-state index contributed by atoms with van der Waals surface area (Å²) >= 11 is 0. The number of ether oxygens (including phenoxy) is 3. The van der Waals surface area contributed by atoms with Crippen molar-refractivity contribution in [2.75, 3.05) is 21.3 Å². The molecule has 1 aromatic carbocycles. The van der Waals surface area contributed by atoms with E-state index in [9.17, 15) is 4.79 Å². The van der Waals surface area contributed by atoms with Crippen molar-refractivity contribution >= 4 is 0 Å². The average Bonchev–Trinajstić information content (AvgIpc) is 2.45. The zero-order chi connectivity index (χ0) is 13.8. The van der Waals surface area contributed by atoms with Gasteiger partial charge in [-0.1, -0.05) is 0 Å². The fraction of sp³-hybridized carbons (Fsp3) is 0.214. The first-order valence-corrected chi connectivity index (χ1v) is 5.59. The van der Waals surface area contributed by atoms with E-state index < -0.39 is 5.63 Å². The first kappa shape index (κ1) is 13.0. The lowest BCUT2D eigenvalue weighted by atomic mass is 10.1. The monoisotopic (exact) mass is 262 g/mol. The molecular weight excluding hydrogens is 248 g/mol. The molecule has 0 saturated heterocycles. The van der Waals surface area contributed by atoms with Crippen molar-refractivity contribution in [1.82, 2.24) is 0 Å². The molecule has 5 heteroatoms. The summed E-state index contributed by atoms with van der Waals surface area (Å²) < 4.78 is 20.6. The molecule has 0 fully saturated rings. The normalized spacial score (nSPS) is 10.1. The lowest BCUT2D eigenvalue weighted by molar-refractivity contribution is 0.355. The molecule has 19 heavy (non-hydrogen) atoms. The Labute approximate surface area is 110 Å². The van der Waals surface area contributed by atoms with Crippen LogP contribution in [-0.2, 0) is 0 Å². The van der Waals surface area contributed by atoms with Gasteiger partial charge in [-0.2, -0.15) is 0 Å². The zero-order valence-electron chi connectivity index (χ0n) is 10.9. The molecule has 0 aliphatic carbocycles. The largest absolute Gasteiger partial charge is 0.496 e. The molecule has 0 aliphatic rings. The molecule has 0 unspecified atom stereocenters. The molecule has 0 radical (unpaired) electrons. The van der Waals surface area contributed by atoms with E-state index in [0.717, 1.165) is 0 Å². The Morgan fingerprint density at radius 3 is 2.26 bits per heavy atom. The predicted molar refractivity (Wildman–Crippen MR) is 70.1 cm³/mol. The highest BCUT2D eigenvalue weighted by Crippen LogP contribution is 2.32. The van der Waals surface area contributed by atoms with Crippen LogP contribution < -0.4 is 19.8 Å². The first-order valence-electron chi connectivity index (χ1n) is 5.59. The molecule has 2 aromatic rings. The van der Waals surface area contributed by atoms with Crippen LogP contribution in [0.2, 0.25) is 0 Å². The Kier molecular flexibility index (Phi) is 3.75. The van der Waals surface area contributed by atoms with E-state index in [1.807, 2.05) is 0 Å². The third kappa shape index (κ3) is 2.70. The molecule has 0 amide bonds. The molecular formula is C14H14O5. The van der Waals surface area contributed by atoms with Crippen LogP contribution in [0.4, 0.5) is 0 Å². The van der Waals surface area contributed by atoms with Crippen LogP contribution in [0.3, 0.4) is 0 Å². The molecule has 0 aliphatic heterocycles. The molecule has 100 valence electrons. The van der Waals surface area contributed by atoms with Crippen LogP contribution in [-0.4, -0.2) is 21.3 Å². The van der Waals surface area contributed by atoms with Crippen molar-refractivity contribution < 1.29 is 18.6 Å². The van der Waals surface area contributed by atoms with Crippen LogP contribution in [0.1, 0.15) is 0 Å².